The van der Waals surface area contributed by atoms with E-state index in [1.165, 1.54) is 0 Å². The fourth-order valence-electron chi connectivity index (χ4n) is 5.48. The van der Waals surface area contributed by atoms with Crippen LogP contribution < -0.4 is 20.1 Å². The number of ether oxygens (including phenoxy) is 5. The Balaban J connectivity index is 2.09. The smallest absolute Gasteiger partial charge is 0.407 e. The monoisotopic (exact) mass is 651 g/mol. The van der Waals surface area contributed by atoms with Crippen molar-refractivity contribution in [2.24, 2.45) is 17.8 Å². The molecule has 0 spiro atoms. The maximum atomic E-state index is 12.9. The number of methoxy groups -OCH3 is 2. The molecule has 0 radical (unpaired) electrons. The summed E-state index contributed by atoms with van der Waals surface area (Å²) in [6.07, 6.45) is 1.50. The molecule has 1 heterocycles. The van der Waals surface area contributed by atoms with Gasteiger partial charge in [0.25, 0.3) is 0 Å². The fourth-order valence-corrected chi connectivity index (χ4v) is 5.48. The summed E-state index contributed by atoms with van der Waals surface area (Å²) >= 11 is 0. The summed E-state index contributed by atoms with van der Waals surface area (Å²) in [5, 5.41) is 17.4. The third kappa shape index (κ3) is 15.3. The molecule has 11 heteroatoms. The number of alkyl carbamates (subject to hydrolysis) is 1. The summed E-state index contributed by atoms with van der Waals surface area (Å²) in [6.45, 7) is 17.5. The van der Waals surface area contributed by atoms with E-state index in [1.54, 1.807) is 35.0 Å². The molecule has 3 N–H and O–H groups in total. The molecule has 11 nitrogen and oxygen atoms in total. The molecule has 2 rings (SSSR count). The number of nitrogens with zero attached hydrogens (tertiary/aromatic N) is 1. The Kier molecular flexibility index (Phi) is 17.7. The first-order valence-corrected chi connectivity index (χ1v) is 16.9. The van der Waals surface area contributed by atoms with Gasteiger partial charge in [-0.3, -0.25) is 9.69 Å². The second-order valence-electron chi connectivity index (χ2n) is 13.7. The SMILES string of the molecule is COCCCOc1cc(C[C@@H](C[C@H](NC(=O)OC(C)(C)C)[C@@H](O)C[C@@H](C)C(=O)NCCCN2CCOCC2)C(C)C)ccc1OC. The lowest BCUT2D eigenvalue weighted by Crippen LogP contribution is -2.48. The normalized spacial score (nSPS) is 16.7. The molecule has 0 saturated carbocycles. The lowest BCUT2D eigenvalue weighted by atomic mass is 9.82. The van der Waals surface area contributed by atoms with E-state index in [1.807, 2.05) is 25.1 Å². The quantitative estimate of drug-likeness (QED) is 0.176. The minimum absolute atomic E-state index is 0.103. The molecule has 2 amide bonds. The largest absolute Gasteiger partial charge is 0.493 e. The molecule has 1 aromatic carbocycles. The first-order chi connectivity index (χ1) is 21.8. The van der Waals surface area contributed by atoms with Crippen LogP contribution in [0.2, 0.25) is 0 Å². The predicted octanol–water partition coefficient (Wildman–Crippen LogP) is 4.43. The Labute approximate surface area is 277 Å². The van der Waals surface area contributed by atoms with Gasteiger partial charge in [0.05, 0.1) is 39.1 Å². The highest BCUT2D eigenvalue weighted by atomic mass is 16.6. The molecule has 46 heavy (non-hydrogen) atoms. The van der Waals surface area contributed by atoms with Crippen molar-refractivity contribution in [2.45, 2.75) is 91.4 Å². The molecular weight excluding hydrogens is 590 g/mol. The van der Waals surface area contributed by atoms with Gasteiger partial charge in [0.2, 0.25) is 5.91 Å². The van der Waals surface area contributed by atoms with Crippen molar-refractivity contribution in [1.82, 2.24) is 15.5 Å². The number of rotatable bonds is 20. The second-order valence-corrected chi connectivity index (χ2v) is 13.7. The molecule has 0 unspecified atom stereocenters. The van der Waals surface area contributed by atoms with Crippen molar-refractivity contribution in [3.63, 3.8) is 0 Å². The van der Waals surface area contributed by atoms with Crippen molar-refractivity contribution in [2.75, 3.05) is 66.8 Å². The highest BCUT2D eigenvalue weighted by Crippen LogP contribution is 2.32. The number of carbonyl (C=O) groups is 2. The van der Waals surface area contributed by atoms with Gasteiger partial charge in [0, 0.05) is 45.7 Å². The highest BCUT2D eigenvalue weighted by Gasteiger charge is 2.31. The first-order valence-electron chi connectivity index (χ1n) is 16.9. The summed E-state index contributed by atoms with van der Waals surface area (Å²) < 4.78 is 27.6. The van der Waals surface area contributed by atoms with Gasteiger partial charge in [-0.15, -0.1) is 0 Å². The highest BCUT2D eigenvalue weighted by molar-refractivity contribution is 5.78. The zero-order valence-corrected chi connectivity index (χ0v) is 29.6. The van der Waals surface area contributed by atoms with Gasteiger partial charge >= 0.3 is 6.09 Å². The molecule has 0 aromatic heterocycles. The number of amides is 2. The van der Waals surface area contributed by atoms with Crippen molar-refractivity contribution < 1.29 is 38.4 Å². The molecular formula is C35H61N3O8. The minimum Gasteiger partial charge on any atom is -0.493 e. The lowest BCUT2D eigenvalue weighted by molar-refractivity contribution is -0.125. The van der Waals surface area contributed by atoms with Gasteiger partial charge in [-0.1, -0.05) is 26.8 Å². The Hall–Kier alpha value is -2.60. The topological polar surface area (TPSA) is 128 Å². The average molecular weight is 652 g/mol. The van der Waals surface area contributed by atoms with Crippen LogP contribution in [0.1, 0.15) is 72.8 Å². The van der Waals surface area contributed by atoms with Gasteiger partial charge in [-0.05, 0) is 82.5 Å². The van der Waals surface area contributed by atoms with Crippen LogP contribution in [0.5, 0.6) is 11.5 Å². The average Bonchev–Trinajstić information content (AvgIpc) is 3.00. The molecule has 1 saturated heterocycles. The third-order valence-electron chi connectivity index (χ3n) is 8.24. The van der Waals surface area contributed by atoms with E-state index in [9.17, 15) is 14.7 Å². The lowest BCUT2D eigenvalue weighted by Gasteiger charge is -2.32. The van der Waals surface area contributed by atoms with E-state index in [0.717, 1.165) is 51.3 Å². The number of aliphatic hydroxyl groups is 1. The van der Waals surface area contributed by atoms with E-state index in [0.29, 0.717) is 44.1 Å². The maximum Gasteiger partial charge on any atom is 0.407 e. The summed E-state index contributed by atoms with van der Waals surface area (Å²) in [6, 6.07) is 5.32. The van der Waals surface area contributed by atoms with Gasteiger partial charge < -0.3 is 39.4 Å². The van der Waals surface area contributed by atoms with Crippen LogP contribution >= 0.6 is 0 Å². The summed E-state index contributed by atoms with van der Waals surface area (Å²) in [7, 11) is 3.29. The molecule has 1 aliphatic heterocycles. The van der Waals surface area contributed by atoms with E-state index in [2.05, 4.69) is 29.4 Å². The van der Waals surface area contributed by atoms with E-state index in [-0.39, 0.29) is 24.2 Å². The number of benzene rings is 1. The number of hydrogen-bond acceptors (Lipinski definition) is 9. The molecule has 264 valence electrons. The molecule has 4 atom stereocenters. The van der Waals surface area contributed by atoms with Crippen molar-refractivity contribution in [1.29, 1.82) is 0 Å². The summed E-state index contributed by atoms with van der Waals surface area (Å²) in [4.78, 5) is 28.2. The Morgan fingerprint density at radius 3 is 2.37 bits per heavy atom. The zero-order valence-electron chi connectivity index (χ0n) is 29.6. The van der Waals surface area contributed by atoms with Crippen LogP contribution in [0.25, 0.3) is 0 Å². The molecule has 1 fully saturated rings. The number of carbonyl (C=O) groups excluding carboxylic acids is 2. The number of nitrogens with one attached hydrogen (secondary N) is 2. The zero-order chi connectivity index (χ0) is 34.1. The summed E-state index contributed by atoms with van der Waals surface area (Å²) in [5.74, 6) is 1.15. The van der Waals surface area contributed by atoms with Gasteiger partial charge in [0.1, 0.15) is 5.60 Å². The maximum absolute atomic E-state index is 12.9. The molecule has 1 aromatic rings. The standard InChI is InChI=1S/C35H61N3O8/c1-25(2)28(22-27-11-12-31(43-8)32(23-27)45-18-10-17-42-7)24-29(37-34(41)46-35(4,5)6)30(39)21-26(3)33(40)36-13-9-14-38-15-19-44-20-16-38/h11-12,23,25-26,28-30,39H,9-10,13-22,24H2,1-8H3,(H,36,40)(H,37,41)/t26-,28+,29+,30+/m1/s1. The van der Waals surface area contributed by atoms with Crippen molar-refractivity contribution in [3.8, 4) is 11.5 Å². The van der Waals surface area contributed by atoms with Crippen LogP contribution in [-0.2, 0) is 25.4 Å². The summed E-state index contributed by atoms with van der Waals surface area (Å²) in [5.41, 5.74) is 0.380. The second kappa shape index (κ2) is 20.6. The van der Waals surface area contributed by atoms with E-state index >= 15 is 0 Å². The number of morpholine rings is 1. The Morgan fingerprint density at radius 1 is 1.02 bits per heavy atom. The van der Waals surface area contributed by atoms with E-state index < -0.39 is 29.8 Å². The molecule has 1 aliphatic rings. The van der Waals surface area contributed by atoms with E-state index in [4.69, 9.17) is 23.7 Å². The van der Waals surface area contributed by atoms with Crippen LogP contribution in [0.4, 0.5) is 4.79 Å². The Bertz CT molecular complexity index is 1030. The van der Waals surface area contributed by atoms with Crippen LogP contribution in [-0.4, -0.2) is 107 Å². The first kappa shape index (κ1) is 39.6. The van der Waals surface area contributed by atoms with Crippen LogP contribution in [0.3, 0.4) is 0 Å². The predicted molar refractivity (Wildman–Crippen MR) is 179 cm³/mol. The minimum atomic E-state index is -0.946. The number of hydrogen-bond donors (Lipinski definition) is 3. The van der Waals surface area contributed by atoms with Gasteiger partial charge in [0.15, 0.2) is 11.5 Å². The van der Waals surface area contributed by atoms with Gasteiger partial charge in [-0.25, -0.2) is 4.79 Å². The Morgan fingerprint density at radius 2 is 1.74 bits per heavy atom. The third-order valence-corrected chi connectivity index (χ3v) is 8.24. The van der Waals surface area contributed by atoms with Crippen molar-refractivity contribution in [3.05, 3.63) is 23.8 Å². The fraction of sp³-hybridized carbons (Fsp3) is 0.771. The number of aliphatic hydroxyl groups excluding tert-OH is 1. The van der Waals surface area contributed by atoms with Gasteiger partial charge in [-0.2, -0.15) is 0 Å². The molecule has 0 aliphatic carbocycles. The van der Waals surface area contributed by atoms with Crippen LogP contribution in [0.15, 0.2) is 18.2 Å². The molecule has 0 bridgehead atoms. The van der Waals surface area contributed by atoms with Crippen molar-refractivity contribution >= 4 is 12.0 Å². The van der Waals surface area contributed by atoms with Crippen LogP contribution in [0, 0.1) is 17.8 Å².